The minimum Gasteiger partial charge on any atom is -0.444 e. The number of hydrogen-bond acceptors (Lipinski definition) is 2. The number of benzene rings is 1. The number of rotatable bonds is 2. The van der Waals surface area contributed by atoms with Gasteiger partial charge in [0.05, 0.1) is 12.1 Å². The third kappa shape index (κ3) is 4.40. The number of amides is 1. The van der Waals surface area contributed by atoms with E-state index in [1.807, 2.05) is 0 Å². The number of nitrogens with one attached hydrogen (secondary N) is 1. The lowest BCUT2D eigenvalue weighted by Gasteiger charge is -2.05. The van der Waals surface area contributed by atoms with Crippen molar-refractivity contribution in [3.8, 4) is 11.8 Å². The number of halogens is 4. The first kappa shape index (κ1) is 16.2. The lowest BCUT2D eigenvalue weighted by Crippen LogP contribution is -2.22. The average Bonchev–Trinajstić information content (AvgIpc) is 2.89. The third-order valence-corrected chi connectivity index (χ3v) is 2.98. The van der Waals surface area contributed by atoms with E-state index in [0.29, 0.717) is 4.67 Å². The molecule has 0 unspecified atom stereocenters. The van der Waals surface area contributed by atoms with Crippen molar-refractivity contribution < 1.29 is 22.4 Å². The first-order valence-corrected chi connectivity index (χ1v) is 6.85. The molecule has 22 heavy (non-hydrogen) atoms. The fourth-order valence-electron chi connectivity index (χ4n) is 1.57. The van der Waals surface area contributed by atoms with E-state index in [0.717, 1.165) is 12.1 Å². The van der Waals surface area contributed by atoms with Crippen LogP contribution in [0, 0.1) is 11.8 Å². The van der Waals surface area contributed by atoms with Gasteiger partial charge in [0.25, 0.3) is 5.91 Å². The van der Waals surface area contributed by atoms with E-state index < -0.39 is 17.6 Å². The number of furan rings is 1. The van der Waals surface area contributed by atoms with Gasteiger partial charge in [-0.1, -0.05) is 17.9 Å². The SMILES string of the molecule is O=C(NCC#Cc1cccc(C(F)(F)F)c1)c1ccc(Br)o1. The van der Waals surface area contributed by atoms with Crippen LogP contribution in [0.15, 0.2) is 45.5 Å². The summed E-state index contributed by atoms with van der Waals surface area (Å²) >= 11 is 3.07. The van der Waals surface area contributed by atoms with E-state index in [2.05, 4.69) is 33.1 Å². The highest BCUT2D eigenvalue weighted by Crippen LogP contribution is 2.29. The molecule has 1 N–H and O–H groups in total. The minimum absolute atomic E-state index is 0.00655. The van der Waals surface area contributed by atoms with Crippen LogP contribution < -0.4 is 5.32 Å². The zero-order valence-corrected chi connectivity index (χ0v) is 12.6. The van der Waals surface area contributed by atoms with Gasteiger partial charge in [0.1, 0.15) is 0 Å². The molecule has 7 heteroatoms. The molecule has 1 aromatic heterocycles. The molecule has 0 fully saturated rings. The summed E-state index contributed by atoms with van der Waals surface area (Å²) in [7, 11) is 0. The second-order valence-electron chi connectivity index (χ2n) is 4.17. The predicted octanol–water partition coefficient (Wildman–Crippen LogP) is 3.84. The minimum atomic E-state index is -4.40. The lowest BCUT2D eigenvalue weighted by atomic mass is 10.1. The van der Waals surface area contributed by atoms with Crippen LogP contribution in [0.25, 0.3) is 0 Å². The monoisotopic (exact) mass is 371 g/mol. The molecule has 0 saturated heterocycles. The van der Waals surface area contributed by atoms with Gasteiger partial charge in [0, 0.05) is 5.56 Å². The highest BCUT2D eigenvalue weighted by molar-refractivity contribution is 9.10. The van der Waals surface area contributed by atoms with E-state index in [9.17, 15) is 18.0 Å². The van der Waals surface area contributed by atoms with Crippen LogP contribution in [0.3, 0.4) is 0 Å². The van der Waals surface area contributed by atoms with Gasteiger partial charge in [0.15, 0.2) is 10.4 Å². The molecule has 0 aliphatic rings. The molecule has 114 valence electrons. The highest BCUT2D eigenvalue weighted by atomic mass is 79.9. The molecule has 2 aromatic rings. The Bertz CT molecular complexity index is 741. The van der Waals surface area contributed by atoms with E-state index >= 15 is 0 Å². The summed E-state index contributed by atoms with van der Waals surface area (Å²) in [6, 6.07) is 7.74. The number of carbonyl (C=O) groups is 1. The second kappa shape index (κ2) is 6.71. The molecular weight excluding hydrogens is 363 g/mol. The molecule has 1 heterocycles. The van der Waals surface area contributed by atoms with Crippen LogP contribution in [0.4, 0.5) is 13.2 Å². The van der Waals surface area contributed by atoms with Gasteiger partial charge < -0.3 is 9.73 Å². The molecule has 1 aromatic carbocycles. The van der Waals surface area contributed by atoms with Crippen LogP contribution in [-0.2, 0) is 6.18 Å². The van der Waals surface area contributed by atoms with Crippen molar-refractivity contribution in [2.75, 3.05) is 6.54 Å². The Morgan fingerprint density at radius 3 is 2.68 bits per heavy atom. The zero-order chi connectivity index (χ0) is 16.2. The van der Waals surface area contributed by atoms with Gasteiger partial charge in [0.2, 0.25) is 0 Å². The molecule has 0 spiro atoms. The lowest BCUT2D eigenvalue weighted by molar-refractivity contribution is -0.137. The Balaban J connectivity index is 1.96. The first-order valence-electron chi connectivity index (χ1n) is 6.06. The average molecular weight is 372 g/mol. The summed E-state index contributed by atoms with van der Waals surface area (Å²) in [5.74, 6) is 4.81. The number of carbonyl (C=O) groups excluding carboxylic acids is 1. The van der Waals surface area contributed by atoms with Crippen molar-refractivity contribution in [3.05, 3.63) is 58.0 Å². The van der Waals surface area contributed by atoms with Crippen molar-refractivity contribution in [3.63, 3.8) is 0 Å². The maximum Gasteiger partial charge on any atom is 0.416 e. The van der Waals surface area contributed by atoms with E-state index in [4.69, 9.17) is 4.42 Å². The molecule has 0 aliphatic carbocycles. The summed E-state index contributed by atoms with van der Waals surface area (Å²) in [6.45, 7) is -0.00655. The van der Waals surface area contributed by atoms with Crippen LogP contribution in [0.5, 0.6) is 0 Å². The van der Waals surface area contributed by atoms with Crippen molar-refractivity contribution in [1.82, 2.24) is 5.32 Å². The topological polar surface area (TPSA) is 42.2 Å². The molecule has 1 amide bonds. The van der Waals surface area contributed by atoms with Crippen LogP contribution in [0.1, 0.15) is 21.7 Å². The Morgan fingerprint density at radius 2 is 2.05 bits per heavy atom. The largest absolute Gasteiger partial charge is 0.444 e. The highest BCUT2D eigenvalue weighted by Gasteiger charge is 2.30. The molecule has 0 radical (unpaired) electrons. The number of alkyl halides is 3. The van der Waals surface area contributed by atoms with Crippen molar-refractivity contribution in [2.24, 2.45) is 0 Å². The first-order chi connectivity index (χ1) is 10.4. The van der Waals surface area contributed by atoms with Gasteiger partial charge in [-0.15, -0.1) is 0 Å². The van der Waals surface area contributed by atoms with Gasteiger partial charge >= 0.3 is 6.18 Å². The summed E-state index contributed by atoms with van der Waals surface area (Å²) in [4.78, 5) is 11.6. The Morgan fingerprint density at radius 1 is 1.27 bits per heavy atom. The maximum atomic E-state index is 12.5. The number of hydrogen-bond donors (Lipinski definition) is 1. The van der Waals surface area contributed by atoms with E-state index in [1.54, 1.807) is 6.07 Å². The zero-order valence-electron chi connectivity index (χ0n) is 11.0. The van der Waals surface area contributed by atoms with Gasteiger partial charge in [-0.25, -0.2) is 0 Å². The quantitative estimate of drug-likeness (QED) is 0.814. The van der Waals surface area contributed by atoms with Crippen molar-refractivity contribution in [1.29, 1.82) is 0 Å². The summed E-state index contributed by atoms with van der Waals surface area (Å²) in [5.41, 5.74) is -0.534. The Kier molecular flexibility index (Phi) is 4.93. The second-order valence-corrected chi connectivity index (χ2v) is 4.95. The fourth-order valence-corrected chi connectivity index (χ4v) is 1.87. The smallest absolute Gasteiger partial charge is 0.416 e. The molecule has 0 aliphatic heterocycles. The summed E-state index contributed by atoms with van der Waals surface area (Å²) < 4.78 is 43.1. The molecule has 0 saturated carbocycles. The van der Waals surface area contributed by atoms with E-state index in [-0.39, 0.29) is 17.9 Å². The molecule has 0 bridgehead atoms. The molecule has 2 rings (SSSR count). The van der Waals surface area contributed by atoms with Gasteiger partial charge in [-0.05, 0) is 46.3 Å². The summed E-state index contributed by atoms with van der Waals surface area (Å²) in [6.07, 6.45) is -4.40. The van der Waals surface area contributed by atoms with Crippen molar-refractivity contribution >= 4 is 21.8 Å². The fraction of sp³-hybridized carbons (Fsp3) is 0.133. The van der Waals surface area contributed by atoms with Crippen molar-refractivity contribution in [2.45, 2.75) is 6.18 Å². The van der Waals surface area contributed by atoms with Crippen LogP contribution in [-0.4, -0.2) is 12.5 Å². The normalized spacial score (nSPS) is 10.7. The Labute approximate surface area is 132 Å². The predicted molar refractivity (Wildman–Crippen MR) is 77.1 cm³/mol. The van der Waals surface area contributed by atoms with E-state index in [1.165, 1.54) is 18.2 Å². The van der Waals surface area contributed by atoms with Gasteiger partial charge in [-0.2, -0.15) is 13.2 Å². The third-order valence-electron chi connectivity index (χ3n) is 2.56. The van der Waals surface area contributed by atoms with Crippen LogP contribution in [0.2, 0.25) is 0 Å². The maximum absolute atomic E-state index is 12.5. The molecule has 0 atom stereocenters. The molecule has 3 nitrogen and oxygen atoms in total. The van der Waals surface area contributed by atoms with Gasteiger partial charge in [-0.3, -0.25) is 4.79 Å². The molecular formula is C15H9BrF3NO2. The standard InChI is InChI=1S/C15H9BrF3NO2/c16-13-7-6-12(22-13)14(21)20-8-2-4-10-3-1-5-11(9-10)15(17,18)19/h1,3,5-7,9H,8H2,(H,20,21). The van der Waals surface area contributed by atoms with Crippen LogP contribution >= 0.6 is 15.9 Å². The Hall–Kier alpha value is -2.20. The summed E-state index contributed by atoms with van der Waals surface area (Å²) in [5, 5.41) is 2.48.